The number of esters is 1. The van der Waals surface area contributed by atoms with Crippen LogP contribution in [0.2, 0.25) is 0 Å². The molecule has 0 bridgehead atoms. The standard InChI is InChI=1S/C20H22FN3O4S/c1-10-4-5-12-8-13(21)6-7-14(12)24(10)9-15(25)23-19-16(20(27)28-3)11(2)17(29-19)18(22)26/h6-8,10H,4-5,9H2,1-3H3,(H2,22,26)(H,23,25). The molecule has 2 aromatic rings. The van der Waals surface area contributed by atoms with E-state index in [9.17, 15) is 18.8 Å². The number of hydrogen-bond donors (Lipinski definition) is 2. The van der Waals surface area contributed by atoms with Crippen molar-refractivity contribution in [1.29, 1.82) is 0 Å². The molecular formula is C20H22FN3O4S. The van der Waals surface area contributed by atoms with Gasteiger partial charge in [-0.1, -0.05) is 0 Å². The van der Waals surface area contributed by atoms with Crippen molar-refractivity contribution in [2.45, 2.75) is 32.7 Å². The summed E-state index contributed by atoms with van der Waals surface area (Å²) >= 11 is 0.941. The number of benzene rings is 1. The largest absolute Gasteiger partial charge is 0.465 e. The first-order valence-electron chi connectivity index (χ1n) is 9.09. The van der Waals surface area contributed by atoms with Crippen molar-refractivity contribution in [3.05, 3.63) is 45.6 Å². The SMILES string of the molecule is COC(=O)c1c(NC(=O)CN2c3ccc(F)cc3CCC2C)sc(C(N)=O)c1C. The number of nitrogens with one attached hydrogen (secondary N) is 1. The lowest BCUT2D eigenvalue weighted by Gasteiger charge is -2.36. The summed E-state index contributed by atoms with van der Waals surface area (Å²) in [4.78, 5) is 38.6. The van der Waals surface area contributed by atoms with E-state index in [1.54, 1.807) is 13.0 Å². The molecule has 0 saturated carbocycles. The van der Waals surface area contributed by atoms with E-state index >= 15 is 0 Å². The lowest BCUT2D eigenvalue weighted by Crippen LogP contribution is -2.42. The summed E-state index contributed by atoms with van der Waals surface area (Å²) in [5, 5.41) is 2.93. The molecule has 1 atom stereocenters. The molecule has 2 amide bonds. The molecule has 0 radical (unpaired) electrons. The third-order valence-electron chi connectivity index (χ3n) is 5.04. The molecule has 29 heavy (non-hydrogen) atoms. The van der Waals surface area contributed by atoms with E-state index in [0.29, 0.717) is 5.56 Å². The fourth-order valence-corrected chi connectivity index (χ4v) is 4.60. The molecule has 2 heterocycles. The average molecular weight is 419 g/mol. The first-order valence-corrected chi connectivity index (χ1v) is 9.91. The minimum atomic E-state index is -0.682. The van der Waals surface area contributed by atoms with Crippen molar-refractivity contribution in [1.82, 2.24) is 0 Å². The Kier molecular flexibility index (Phi) is 5.88. The van der Waals surface area contributed by atoms with Gasteiger partial charge in [0, 0.05) is 11.7 Å². The van der Waals surface area contributed by atoms with Crippen LogP contribution in [0.3, 0.4) is 0 Å². The summed E-state index contributed by atoms with van der Waals surface area (Å²) in [5.41, 5.74) is 7.53. The molecule has 154 valence electrons. The van der Waals surface area contributed by atoms with Gasteiger partial charge in [-0.15, -0.1) is 11.3 Å². The number of nitrogens with zero attached hydrogens (tertiary/aromatic N) is 1. The fraction of sp³-hybridized carbons (Fsp3) is 0.350. The highest BCUT2D eigenvalue weighted by Crippen LogP contribution is 2.34. The second-order valence-electron chi connectivity index (χ2n) is 6.95. The van der Waals surface area contributed by atoms with E-state index in [4.69, 9.17) is 10.5 Å². The number of aryl methyl sites for hydroxylation is 1. The molecule has 1 unspecified atom stereocenters. The number of carbonyl (C=O) groups excluding carboxylic acids is 3. The van der Waals surface area contributed by atoms with E-state index in [2.05, 4.69) is 5.32 Å². The molecule has 0 spiro atoms. The molecule has 1 aliphatic rings. The maximum Gasteiger partial charge on any atom is 0.341 e. The Morgan fingerprint density at radius 1 is 1.38 bits per heavy atom. The molecular weight excluding hydrogens is 397 g/mol. The van der Waals surface area contributed by atoms with Gasteiger partial charge in [-0.25, -0.2) is 9.18 Å². The van der Waals surface area contributed by atoms with Crippen LogP contribution in [0.25, 0.3) is 0 Å². The van der Waals surface area contributed by atoms with Crippen LogP contribution in [0.15, 0.2) is 18.2 Å². The van der Waals surface area contributed by atoms with Crippen molar-refractivity contribution < 1.29 is 23.5 Å². The highest BCUT2D eigenvalue weighted by Gasteiger charge is 2.28. The van der Waals surface area contributed by atoms with E-state index in [0.717, 1.165) is 35.4 Å². The van der Waals surface area contributed by atoms with Crippen LogP contribution in [-0.2, 0) is 16.0 Å². The summed E-state index contributed by atoms with van der Waals surface area (Å²) in [5.74, 6) is -2.01. The van der Waals surface area contributed by atoms with Gasteiger partial charge in [-0.05, 0) is 56.0 Å². The van der Waals surface area contributed by atoms with Crippen LogP contribution in [0.5, 0.6) is 0 Å². The van der Waals surface area contributed by atoms with Gasteiger partial charge in [0.1, 0.15) is 10.8 Å². The number of nitrogens with two attached hydrogens (primary N) is 1. The topological polar surface area (TPSA) is 102 Å². The number of methoxy groups -OCH3 is 1. The minimum Gasteiger partial charge on any atom is -0.465 e. The monoisotopic (exact) mass is 419 g/mol. The van der Waals surface area contributed by atoms with Crippen molar-refractivity contribution >= 4 is 39.8 Å². The van der Waals surface area contributed by atoms with E-state index in [-0.39, 0.29) is 39.8 Å². The Hall–Kier alpha value is -2.94. The number of hydrogen-bond acceptors (Lipinski definition) is 6. The Morgan fingerprint density at radius 2 is 2.10 bits per heavy atom. The van der Waals surface area contributed by atoms with Crippen LogP contribution in [0.1, 0.15) is 44.5 Å². The number of carbonyl (C=O) groups is 3. The van der Waals surface area contributed by atoms with Gasteiger partial charge in [0.15, 0.2) is 0 Å². The zero-order valence-corrected chi connectivity index (χ0v) is 17.2. The summed E-state index contributed by atoms with van der Waals surface area (Å²) in [6.07, 6.45) is 1.53. The first-order chi connectivity index (χ1) is 13.7. The predicted molar refractivity (Wildman–Crippen MR) is 109 cm³/mol. The molecule has 0 aliphatic carbocycles. The predicted octanol–water partition coefficient (Wildman–Crippen LogP) is 2.86. The van der Waals surface area contributed by atoms with E-state index < -0.39 is 11.9 Å². The number of primary amides is 1. The number of thiophene rings is 1. The Labute approximate surface area is 171 Å². The summed E-state index contributed by atoms with van der Waals surface area (Å²) in [6.45, 7) is 3.60. The molecule has 0 fully saturated rings. The normalized spacial score (nSPS) is 15.6. The van der Waals surface area contributed by atoms with Gasteiger partial charge >= 0.3 is 5.97 Å². The maximum atomic E-state index is 13.5. The number of fused-ring (bicyclic) bond motifs is 1. The van der Waals surface area contributed by atoms with Crippen molar-refractivity contribution in [2.24, 2.45) is 5.73 Å². The second-order valence-corrected chi connectivity index (χ2v) is 7.97. The highest BCUT2D eigenvalue weighted by atomic mass is 32.1. The summed E-state index contributed by atoms with van der Waals surface area (Å²) in [7, 11) is 1.22. The zero-order chi connectivity index (χ0) is 21.3. The van der Waals surface area contributed by atoms with Gasteiger partial charge in [0.25, 0.3) is 5.91 Å². The molecule has 3 rings (SSSR count). The van der Waals surface area contributed by atoms with Crippen LogP contribution < -0.4 is 16.0 Å². The number of amides is 2. The van der Waals surface area contributed by atoms with Gasteiger partial charge in [0.2, 0.25) is 5.91 Å². The van der Waals surface area contributed by atoms with Gasteiger partial charge < -0.3 is 20.7 Å². The minimum absolute atomic E-state index is 0.0171. The molecule has 1 aromatic carbocycles. The lowest BCUT2D eigenvalue weighted by molar-refractivity contribution is -0.115. The lowest BCUT2D eigenvalue weighted by atomic mass is 9.96. The summed E-state index contributed by atoms with van der Waals surface area (Å²) < 4.78 is 18.3. The second kappa shape index (κ2) is 8.20. The average Bonchev–Trinajstić information content (AvgIpc) is 2.99. The van der Waals surface area contributed by atoms with E-state index in [1.807, 2.05) is 11.8 Å². The molecule has 1 aromatic heterocycles. The Bertz CT molecular complexity index is 988. The Morgan fingerprint density at radius 3 is 2.76 bits per heavy atom. The summed E-state index contributed by atoms with van der Waals surface area (Å²) in [6, 6.07) is 4.63. The van der Waals surface area contributed by atoms with Crippen LogP contribution in [0.4, 0.5) is 15.1 Å². The quantitative estimate of drug-likeness (QED) is 0.726. The first kappa shape index (κ1) is 20.8. The smallest absolute Gasteiger partial charge is 0.341 e. The van der Waals surface area contributed by atoms with Gasteiger partial charge in [-0.3, -0.25) is 9.59 Å². The molecule has 0 saturated heterocycles. The van der Waals surface area contributed by atoms with E-state index in [1.165, 1.54) is 19.2 Å². The number of halogens is 1. The fourth-order valence-electron chi connectivity index (χ4n) is 3.54. The number of rotatable bonds is 5. The highest BCUT2D eigenvalue weighted by molar-refractivity contribution is 7.18. The van der Waals surface area contributed by atoms with Crippen molar-refractivity contribution in [3.8, 4) is 0 Å². The third-order valence-corrected chi connectivity index (χ3v) is 6.26. The number of anilines is 2. The van der Waals surface area contributed by atoms with Crippen LogP contribution in [-0.4, -0.2) is 37.5 Å². The molecule has 1 aliphatic heterocycles. The zero-order valence-electron chi connectivity index (χ0n) is 16.4. The Balaban J connectivity index is 1.86. The molecule has 3 N–H and O–H groups in total. The third kappa shape index (κ3) is 4.09. The molecule has 9 heteroatoms. The van der Waals surface area contributed by atoms with Gasteiger partial charge in [0.05, 0.1) is 24.1 Å². The van der Waals surface area contributed by atoms with Gasteiger partial charge in [-0.2, -0.15) is 0 Å². The van der Waals surface area contributed by atoms with Crippen LogP contribution in [0, 0.1) is 12.7 Å². The molecule has 7 nitrogen and oxygen atoms in total. The number of ether oxygens (including phenoxy) is 1. The van der Waals surface area contributed by atoms with Crippen molar-refractivity contribution in [2.75, 3.05) is 23.9 Å². The van der Waals surface area contributed by atoms with Crippen LogP contribution >= 0.6 is 11.3 Å². The maximum absolute atomic E-state index is 13.5. The van der Waals surface area contributed by atoms with Crippen molar-refractivity contribution in [3.63, 3.8) is 0 Å².